The smallest absolute Gasteiger partial charge is 0.475 e. The van der Waals surface area contributed by atoms with Gasteiger partial charge in [0.25, 0.3) is 0 Å². The molecular formula is C21H27F6N3O7. The largest absolute Gasteiger partial charge is 0.490 e. The van der Waals surface area contributed by atoms with Gasteiger partial charge in [-0.2, -0.15) is 26.3 Å². The number of hydrogen-bond acceptors (Lipinski definition) is 7. The van der Waals surface area contributed by atoms with Crippen LogP contribution in [0.4, 0.5) is 26.3 Å². The van der Waals surface area contributed by atoms with Crippen molar-refractivity contribution in [1.82, 2.24) is 14.8 Å². The summed E-state index contributed by atoms with van der Waals surface area (Å²) in [4.78, 5) is 38.2. The number of carbonyl (C=O) groups excluding carboxylic acids is 1. The Morgan fingerprint density at radius 1 is 1.14 bits per heavy atom. The number of carboxylic acid groups (broad SMARTS) is 2. The molecule has 1 aromatic heterocycles. The maximum Gasteiger partial charge on any atom is 0.490 e. The topological polar surface area (TPSA) is 130 Å². The van der Waals surface area contributed by atoms with Crippen LogP contribution >= 0.6 is 0 Å². The monoisotopic (exact) mass is 547 g/mol. The zero-order valence-electron chi connectivity index (χ0n) is 19.9. The van der Waals surface area contributed by atoms with Crippen LogP contribution in [-0.4, -0.2) is 107 Å². The summed E-state index contributed by atoms with van der Waals surface area (Å²) >= 11 is 0. The molecule has 2 saturated heterocycles. The van der Waals surface area contributed by atoms with Crippen molar-refractivity contribution >= 4 is 17.8 Å². The fourth-order valence-corrected chi connectivity index (χ4v) is 3.43. The first-order chi connectivity index (χ1) is 16.9. The number of ether oxygens (including phenoxy) is 2. The van der Waals surface area contributed by atoms with Gasteiger partial charge in [-0.25, -0.2) is 14.6 Å². The van der Waals surface area contributed by atoms with E-state index in [1.807, 2.05) is 42.1 Å². The number of rotatable bonds is 4. The lowest BCUT2D eigenvalue weighted by Gasteiger charge is -2.40. The number of likely N-dealkylation sites (N-methyl/N-ethyl adjacent to an activating group) is 1. The van der Waals surface area contributed by atoms with E-state index in [0.29, 0.717) is 25.6 Å². The van der Waals surface area contributed by atoms with Crippen LogP contribution in [-0.2, 0) is 19.1 Å². The molecule has 0 radical (unpaired) electrons. The SMILES string of the molecule is CN(C)CC(=O)N1CCC[C@]2(C[C@@H](Oc3ccccn3)CO2)C1.O=C(O)C(F)(F)F.O=C(O)C(F)(F)F. The number of nitrogens with zero attached hydrogens (tertiary/aromatic N) is 3. The number of aromatic nitrogens is 1. The van der Waals surface area contributed by atoms with Crippen LogP contribution < -0.4 is 4.74 Å². The average Bonchev–Trinajstić information content (AvgIpc) is 3.14. The van der Waals surface area contributed by atoms with Gasteiger partial charge in [-0.05, 0) is 33.0 Å². The highest BCUT2D eigenvalue weighted by atomic mass is 19.4. The summed E-state index contributed by atoms with van der Waals surface area (Å²) < 4.78 is 75.5. The molecular weight excluding hydrogens is 520 g/mol. The van der Waals surface area contributed by atoms with E-state index in [-0.39, 0.29) is 17.6 Å². The Morgan fingerprint density at radius 3 is 2.16 bits per heavy atom. The first-order valence-corrected chi connectivity index (χ1v) is 10.7. The van der Waals surface area contributed by atoms with Gasteiger partial charge in [0, 0.05) is 31.8 Å². The number of amides is 1. The highest BCUT2D eigenvalue weighted by molar-refractivity contribution is 5.78. The third-order valence-corrected chi connectivity index (χ3v) is 4.93. The van der Waals surface area contributed by atoms with Crippen LogP contribution in [0.1, 0.15) is 19.3 Å². The highest BCUT2D eigenvalue weighted by Gasteiger charge is 2.45. The molecule has 16 heteroatoms. The standard InChI is InChI=1S/C17H25N3O3.2C2HF3O2/c1-19(2)11-16(21)20-9-5-7-17(13-20)10-14(12-22-17)23-15-6-3-4-8-18-15;2*3-2(4,5)1(6)7/h3-4,6,8,14H,5,7,9-13H2,1-2H3;2*(H,6,7)/t14-,17+;;/m1../s1. The second kappa shape index (κ2) is 13.4. The molecule has 0 aliphatic carbocycles. The third-order valence-electron chi connectivity index (χ3n) is 4.93. The van der Waals surface area contributed by atoms with Gasteiger partial charge in [-0.1, -0.05) is 6.07 Å². The van der Waals surface area contributed by atoms with Gasteiger partial charge in [0.05, 0.1) is 18.8 Å². The fraction of sp³-hybridized carbons (Fsp3) is 0.619. The summed E-state index contributed by atoms with van der Waals surface area (Å²) in [7, 11) is 3.83. The van der Waals surface area contributed by atoms with Crippen molar-refractivity contribution in [2.75, 3.05) is 40.3 Å². The molecule has 10 nitrogen and oxygen atoms in total. The van der Waals surface area contributed by atoms with Gasteiger partial charge >= 0.3 is 24.3 Å². The van der Waals surface area contributed by atoms with Crippen molar-refractivity contribution in [1.29, 1.82) is 0 Å². The zero-order chi connectivity index (χ0) is 28.4. The van der Waals surface area contributed by atoms with Crippen molar-refractivity contribution in [3.05, 3.63) is 24.4 Å². The number of aliphatic carboxylic acids is 2. The molecule has 2 fully saturated rings. The van der Waals surface area contributed by atoms with E-state index in [1.165, 1.54) is 0 Å². The number of halogens is 6. The zero-order valence-corrected chi connectivity index (χ0v) is 19.9. The first-order valence-electron chi connectivity index (χ1n) is 10.7. The van der Waals surface area contributed by atoms with Crippen molar-refractivity contribution in [3.63, 3.8) is 0 Å². The van der Waals surface area contributed by atoms with E-state index in [9.17, 15) is 31.1 Å². The van der Waals surface area contributed by atoms with Gasteiger partial charge in [-0.3, -0.25) is 4.79 Å². The lowest BCUT2D eigenvalue weighted by atomic mass is 9.89. The molecule has 0 aromatic carbocycles. The fourth-order valence-electron chi connectivity index (χ4n) is 3.43. The molecule has 2 atom stereocenters. The lowest BCUT2D eigenvalue weighted by Crippen LogP contribution is -2.52. The Morgan fingerprint density at radius 2 is 1.70 bits per heavy atom. The molecule has 3 rings (SSSR count). The first kappa shape index (κ1) is 31.9. The van der Waals surface area contributed by atoms with Gasteiger partial charge < -0.3 is 29.5 Å². The molecule has 2 aliphatic heterocycles. The summed E-state index contributed by atoms with van der Waals surface area (Å²) in [5, 5.41) is 14.2. The predicted octanol–water partition coefficient (Wildman–Crippen LogP) is 2.44. The highest BCUT2D eigenvalue weighted by Crippen LogP contribution is 2.36. The molecule has 1 aromatic rings. The summed E-state index contributed by atoms with van der Waals surface area (Å²) in [5.74, 6) is -4.71. The van der Waals surface area contributed by atoms with Gasteiger partial charge in [0.1, 0.15) is 6.10 Å². The molecule has 3 heterocycles. The van der Waals surface area contributed by atoms with E-state index in [4.69, 9.17) is 29.3 Å². The van der Waals surface area contributed by atoms with Crippen LogP contribution in [0.25, 0.3) is 0 Å². The van der Waals surface area contributed by atoms with Crippen LogP contribution in [0.3, 0.4) is 0 Å². The molecule has 1 amide bonds. The van der Waals surface area contributed by atoms with E-state index >= 15 is 0 Å². The van der Waals surface area contributed by atoms with Crippen molar-refractivity contribution in [2.45, 2.75) is 43.3 Å². The number of carbonyl (C=O) groups is 3. The number of pyridine rings is 1. The maximum atomic E-state index is 12.3. The van der Waals surface area contributed by atoms with Crippen LogP contribution in [0.2, 0.25) is 0 Å². The molecule has 37 heavy (non-hydrogen) atoms. The van der Waals surface area contributed by atoms with Crippen LogP contribution in [0, 0.1) is 0 Å². The minimum Gasteiger partial charge on any atom is -0.475 e. The third kappa shape index (κ3) is 11.6. The lowest BCUT2D eigenvalue weighted by molar-refractivity contribution is -0.193. The van der Waals surface area contributed by atoms with Gasteiger partial charge in [-0.15, -0.1) is 0 Å². The molecule has 2 aliphatic rings. The van der Waals surface area contributed by atoms with Crippen molar-refractivity contribution < 1.29 is 60.4 Å². The number of piperidine rings is 1. The molecule has 2 N–H and O–H groups in total. The Balaban J connectivity index is 0.000000404. The Bertz CT molecular complexity index is 875. The Kier molecular flexibility index (Phi) is 11.6. The van der Waals surface area contributed by atoms with E-state index < -0.39 is 24.3 Å². The molecule has 0 unspecified atom stereocenters. The number of alkyl halides is 6. The molecule has 210 valence electrons. The summed E-state index contributed by atoms with van der Waals surface area (Å²) in [5.41, 5.74) is -0.250. The molecule has 1 spiro atoms. The summed E-state index contributed by atoms with van der Waals surface area (Å²) in [6.45, 7) is 2.50. The van der Waals surface area contributed by atoms with Crippen LogP contribution in [0.5, 0.6) is 5.88 Å². The average molecular weight is 547 g/mol. The minimum atomic E-state index is -5.08. The minimum absolute atomic E-state index is 0.00815. The molecule has 0 saturated carbocycles. The van der Waals surface area contributed by atoms with E-state index in [2.05, 4.69) is 4.98 Å². The number of likely N-dealkylation sites (tertiary alicyclic amines) is 1. The second-order valence-electron chi connectivity index (χ2n) is 8.37. The van der Waals surface area contributed by atoms with Crippen LogP contribution in [0.15, 0.2) is 24.4 Å². The van der Waals surface area contributed by atoms with E-state index in [0.717, 1.165) is 25.8 Å². The quantitative estimate of drug-likeness (QED) is 0.546. The second-order valence-corrected chi connectivity index (χ2v) is 8.37. The van der Waals surface area contributed by atoms with Gasteiger partial charge in [0.2, 0.25) is 11.8 Å². The van der Waals surface area contributed by atoms with Crippen molar-refractivity contribution in [3.8, 4) is 5.88 Å². The van der Waals surface area contributed by atoms with Gasteiger partial charge in [0.15, 0.2) is 0 Å². The van der Waals surface area contributed by atoms with Crippen molar-refractivity contribution in [2.24, 2.45) is 0 Å². The number of carboxylic acids is 2. The van der Waals surface area contributed by atoms with E-state index in [1.54, 1.807) is 6.20 Å². The number of hydrogen-bond donors (Lipinski definition) is 2. The predicted molar refractivity (Wildman–Crippen MR) is 114 cm³/mol. The maximum absolute atomic E-state index is 12.3. The summed E-state index contributed by atoms with van der Waals surface area (Å²) in [6, 6.07) is 5.64. The Labute approximate surface area is 207 Å². The Hall–Kier alpha value is -3.14. The molecule has 0 bridgehead atoms. The normalized spacial score (nSPS) is 21.4. The summed E-state index contributed by atoms with van der Waals surface area (Å²) in [6.07, 6.45) is -5.65.